The largest absolute Gasteiger partial charge is 0.378 e. The molecule has 0 unspecified atom stereocenters. The molecule has 0 aromatic heterocycles. The van der Waals surface area contributed by atoms with E-state index in [1.54, 1.807) is 0 Å². The van der Waals surface area contributed by atoms with E-state index in [0.717, 1.165) is 19.8 Å². The van der Waals surface area contributed by atoms with Crippen molar-refractivity contribution in [2.75, 3.05) is 25.6 Å². The number of hydrogen-bond donors (Lipinski definition) is 1. The van der Waals surface area contributed by atoms with E-state index in [9.17, 15) is 0 Å². The van der Waals surface area contributed by atoms with Crippen LogP contribution in [0.5, 0.6) is 0 Å². The van der Waals surface area contributed by atoms with Gasteiger partial charge in [-0.25, -0.2) is 0 Å². The van der Waals surface area contributed by atoms with Crippen molar-refractivity contribution >= 4 is 11.6 Å². The molecule has 1 heterocycles. The molecule has 0 bridgehead atoms. The zero-order valence-electron chi connectivity index (χ0n) is 5.85. The van der Waals surface area contributed by atoms with E-state index >= 15 is 0 Å². The summed E-state index contributed by atoms with van der Waals surface area (Å²) in [5, 5.41) is 3.28. The van der Waals surface area contributed by atoms with Crippen molar-refractivity contribution in [2.45, 2.75) is 6.04 Å². The Hall–Kier alpha value is -0.0500. The van der Waals surface area contributed by atoms with Crippen LogP contribution < -0.4 is 5.32 Å². The Morgan fingerprint density at radius 1 is 1.50 bits per heavy atom. The molecule has 0 radical (unpaired) electrons. The van der Waals surface area contributed by atoms with Crippen molar-refractivity contribution in [1.82, 2.24) is 5.32 Å². The second-order valence-corrected chi connectivity index (χ2v) is 2.58. The van der Waals surface area contributed by atoms with Gasteiger partial charge in [0.2, 0.25) is 0 Å². The van der Waals surface area contributed by atoms with Gasteiger partial charge in [0.25, 0.3) is 0 Å². The van der Waals surface area contributed by atoms with Crippen LogP contribution in [0.1, 0.15) is 0 Å². The first-order valence-electron chi connectivity index (χ1n) is 3.45. The fourth-order valence-corrected chi connectivity index (χ4v) is 0.861. The molecule has 58 valence electrons. The smallest absolute Gasteiger partial charge is 0.0643 e. The first-order valence-corrected chi connectivity index (χ1v) is 3.99. The lowest BCUT2D eigenvalue weighted by atomic mass is 10.2. The minimum Gasteiger partial charge on any atom is -0.378 e. The quantitative estimate of drug-likeness (QED) is 0.486. The van der Waals surface area contributed by atoms with Gasteiger partial charge in [-0.15, -0.1) is 11.6 Å². The molecule has 1 aliphatic rings. The highest BCUT2D eigenvalue weighted by Crippen LogP contribution is 1.98. The number of halogens is 1. The molecule has 0 aliphatic carbocycles. The zero-order chi connectivity index (χ0) is 7.23. The molecular weight excluding hydrogens is 150 g/mol. The van der Waals surface area contributed by atoms with Gasteiger partial charge in [-0.05, 0) is 0 Å². The van der Waals surface area contributed by atoms with Crippen LogP contribution in [-0.4, -0.2) is 31.7 Å². The van der Waals surface area contributed by atoms with Crippen molar-refractivity contribution in [3.8, 4) is 0 Å². The van der Waals surface area contributed by atoms with Gasteiger partial charge in [0.1, 0.15) is 0 Å². The van der Waals surface area contributed by atoms with Crippen LogP contribution in [0.4, 0.5) is 0 Å². The molecule has 1 saturated heterocycles. The Balaban J connectivity index is 1.89. The maximum absolute atomic E-state index is 5.43. The lowest BCUT2D eigenvalue weighted by molar-refractivity contribution is -0.00346. The highest BCUT2D eigenvalue weighted by atomic mass is 35.5. The summed E-state index contributed by atoms with van der Waals surface area (Å²) in [4.78, 5) is 0. The van der Waals surface area contributed by atoms with Crippen LogP contribution in [0.2, 0.25) is 0 Å². The molecule has 2 nitrogen and oxygen atoms in total. The Kier molecular flexibility index (Phi) is 3.80. The second-order valence-electron chi connectivity index (χ2n) is 2.27. The lowest BCUT2D eigenvalue weighted by Gasteiger charge is -2.26. The second kappa shape index (κ2) is 4.72. The van der Waals surface area contributed by atoms with Crippen LogP contribution in [0.15, 0.2) is 12.2 Å². The van der Waals surface area contributed by atoms with E-state index < -0.39 is 0 Å². The van der Waals surface area contributed by atoms with Gasteiger partial charge in [0.05, 0.1) is 19.3 Å². The van der Waals surface area contributed by atoms with E-state index in [0.29, 0.717) is 11.9 Å². The SMILES string of the molecule is ClC/C=C/CNC1COC1. The lowest BCUT2D eigenvalue weighted by Crippen LogP contribution is -2.45. The van der Waals surface area contributed by atoms with E-state index in [1.165, 1.54) is 0 Å². The molecule has 0 saturated carbocycles. The van der Waals surface area contributed by atoms with Gasteiger partial charge in [-0.1, -0.05) is 12.2 Å². The average molecular weight is 162 g/mol. The van der Waals surface area contributed by atoms with Gasteiger partial charge in [0, 0.05) is 12.4 Å². The molecule has 0 aromatic rings. The van der Waals surface area contributed by atoms with Crippen LogP contribution in [-0.2, 0) is 4.74 Å². The average Bonchev–Trinajstić information content (AvgIpc) is 1.84. The Morgan fingerprint density at radius 3 is 2.80 bits per heavy atom. The minimum atomic E-state index is 0.569. The van der Waals surface area contributed by atoms with Gasteiger partial charge in [-0.3, -0.25) is 0 Å². The molecule has 10 heavy (non-hydrogen) atoms. The Labute approximate surface area is 66.2 Å². The highest BCUT2D eigenvalue weighted by molar-refractivity contribution is 6.18. The first-order chi connectivity index (χ1) is 4.93. The third-order valence-corrected chi connectivity index (χ3v) is 1.60. The Morgan fingerprint density at radius 2 is 2.30 bits per heavy atom. The van der Waals surface area contributed by atoms with Crippen molar-refractivity contribution in [3.63, 3.8) is 0 Å². The van der Waals surface area contributed by atoms with Gasteiger partial charge in [-0.2, -0.15) is 0 Å². The molecule has 0 spiro atoms. The number of rotatable bonds is 4. The summed E-state index contributed by atoms with van der Waals surface area (Å²) < 4.78 is 4.98. The van der Waals surface area contributed by atoms with Gasteiger partial charge < -0.3 is 10.1 Å². The predicted molar refractivity (Wildman–Crippen MR) is 42.5 cm³/mol. The summed E-state index contributed by atoms with van der Waals surface area (Å²) in [6.07, 6.45) is 3.97. The van der Waals surface area contributed by atoms with E-state index in [4.69, 9.17) is 16.3 Å². The maximum atomic E-state index is 5.43. The first kappa shape index (κ1) is 8.05. The van der Waals surface area contributed by atoms with E-state index in [2.05, 4.69) is 5.32 Å². The topological polar surface area (TPSA) is 21.3 Å². The van der Waals surface area contributed by atoms with E-state index in [-0.39, 0.29) is 0 Å². The van der Waals surface area contributed by atoms with Gasteiger partial charge in [0.15, 0.2) is 0 Å². The normalized spacial score (nSPS) is 19.7. The molecule has 1 aliphatic heterocycles. The van der Waals surface area contributed by atoms with Crippen LogP contribution in [0.25, 0.3) is 0 Å². The maximum Gasteiger partial charge on any atom is 0.0643 e. The number of ether oxygens (including phenoxy) is 1. The summed E-state index contributed by atoms with van der Waals surface area (Å²) in [6, 6.07) is 0.569. The fraction of sp³-hybridized carbons (Fsp3) is 0.714. The molecule has 1 fully saturated rings. The summed E-state index contributed by atoms with van der Waals surface area (Å²) >= 11 is 5.43. The van der Waals surface area contributed by atoms with Crippen LogP contribution in [0.3, 0.4) is 0 Å². The third-order valence-electron chi connectivity index (χ3n) is 1.42. The number of hydrogen-bond acceptors (Lipinski definition) is 2. The summed E-state index contributed by atoms with van der Waals surface area (Å²) in [6.45, 7) is 2.62. The standard InChI is InChI=1S/C7H12ClNO/c8-3-1-2-4-9-7-5-10-6-7/h1-2,7,9H,3-6H2/b2-1+. The summed E-state index contributed by atoms with van der Waals surface area (Å²) in [7, 11) is 0. The van der Waals surface area contributed by atoms with Crippen LogP contribution >= 0.6 is 11.6 Å². The van der Waals surface area contributed by atoms with Crippen molar-refractivity contribution < 1.29 is 4.74 Å². The number of alkyl halides is 1. The van der Waals surface area contributed by atoms with Gasteiger partial charge >= 0.3 is 0 Å². The monoisotopic (exact) mass is 161 g/mol. The molecular formula is C7H12ClNO. The van der Waals surface area contributed by atoms with Crippen molar-refractivity contribution in [2.24, 2.45) is 0 Å². The molecule has 1 N–H and O–H groups in total. The molecule has 0 atom stereocenters. The highest BCUT2D eigenvalue weighted by Gasteiger charge is 2.15. The predicted octanol–water partition coefficient (Wildman–Crippen LogP) is 0.770. The zero-order valence-corrected chi connectivity index (χ0v) is 6.60. The minimum absolute atomic E-state index is 0.569. The molecule has 1 rings (SSSR count). The summed E-state index contributed by atoms with van der Waals surface area (Å²) in [5.74, 6) is 0.600. The summed E-state index contributed by atoms with van der Waals surface area (Å²) in [5.41, 5.74) is 0. The molecule has 0 amide bonds. The van der Waals surface area contributed by atoms with Crippen molar-refractivity contribution in [3.05, 3.63) is 12.2 Å². The molecule has 0 aromatic carbocycles. The third kappa shape index (κ3) is 2.69. The Bertz CT molecular complexity index is 112. The number of nitrogens with one attached hydrogen (secondary N) is 1. The van der Waals surface area contributed by atoms with E-state index in [1.807, 2.05) is 12.2 Å². The van der Waals surface area contributed by atoms with Crippen LogP contribution in [0, 0.1) is 0 Å². The molecule has 3 heteroatoms. The number of allylic oxidation sites excluding steroid dienone is 1. The fourth-order valence-electron chi connectivity index (χ4n) is 0.735. The van der Waals surface area contributed by atoms with Crippen molar-refractivity contribution in [1.29, 1.82) is 0 Å².